The molecule has 1 heterocycles. The zero-order valence-corrected chi connectivity index (χ0v) is 12.5. The average Bonchev–Trinajstić information content (AvgIpc) is 2.42. The summed E-state index contributed by atoms with van der Waals surface area (Å²) in [5.74, 6) is 0.505. The van der Waals surface area contributed by atoms with Gasteiger partial charge in [-0.25, -0.2) is 0 Å². The largest absolute Gasteiger partial charge is 0.399 e. The zero-order valence-electron chi connectivity index (χ0n) is 11.0. The lowest BCUT2D eigenvalue weighted by atomic mass is 9.95. The van der Waals surface area contributed by atoms with E-state index in [1.807, 2.05) is 4.90 Å². The van der Waals surface area contributed by atoms with E-state index in [0.717, 1.165) is 25.9 Å². The molecule has 1 aromatic carbocycles. The number of carbonyl (C=O) groups excluding carboxylic acids is 1. The standard InChI is InChI=1S/C14H18Cl2N2O/c1-2-9-4-3-5-18(8-9)14(19)11-6-10(17)7-12(15)13(11)16/h6-7,9H,2-5,8,17H2,1H3. The summed E-state index contributed by atoms with van der Waals surface area (Å²) < 4.78 is 0. The van der Waals surface area contributed by atoms with E-state index in [4.69, 9.17) is 28.9 Å². The summed E-state index contributed by atoms with van der Waals surface area (Å²) in [5, 5.41) is 0.619. The predicted molar refractivity (Wildman–Crippen MR) is 79.8 cm³/mol. The number of rotatable bonds is 2. The fourth-order valence-corrected chi connectivity index (χ4v) is 2.94. The molecule has 1 atom stereocenters. The van der Waals surface area contributed by atoms with Crippen LogP contribution in [0.1, 0.15) is 36.5 Å². The lowest BCUT2D eigenvalue weighted by Crippen LogP contribution is -2.39. The second kappa shape index (κ2) is 6.02. The van der Waals surface area contributed by atoms with Gasteiger partial charge in [-0.15, -0.1) is 0 Å². The molecule has 2 N–H and O–H groups in total. The molecule has 104 valence electrons. The van der Waals surface area contributed by atoms with Crippen LogP contribution in [0.4, 0.5) is 5.69 Å². The summed E-state index contributed by atoms with van der Waals surface area (Å²) in [6.45, 7) is 3.72. The van der Waals surface area contributed by atoms with E-state index in [9.17, 15) is 4.79 Å². The first-order valence-electron chi connectivity index (χ1n) is 6.56. The first-order valence-corrected chi connectivity index (χ1v) is 7.32. The Morgan fingerprint density at radius 2 is 2.21 bits per heavy atom. The molecule has 1 aliphatic heterocycles. The van der Waals surface area contributed by atoms with Crippen molar-refractivity contribution in [2.45, 2.75) is 26.2 Å². The van der Waals surface area contributed by atoms with Gasteiger partial charge in [-0.3, -0.25) is 4.79 Å². The van der Waals surface area contributed by atoms with E-state index >= 15 is 0 Å². The van der Waals surface area contributed by atoms with Crippen molar-refractivity contribution in [1.29, 1.82) is 0 Å². The van der Waals surface area contributed by atoms with Crippen LogP contribution in [-0.2, 0) is 0 Å². The molecule has 0 spiro atoms. The smallest absolute Gasteiger partial charge is 0.255 e. The Morgan fingerprint density at radius 1 is 1.47 bits per heavy atom. The van der Waals surface area contributed by atoms with Crippen molar-refractivity contribution in [3.63, 3.8) is 0 Å². The molecule has 1 unspecified atom stereocenters. The second-order valence-electron chi connectivity index (χ2n) is 5.03. The SMILES string of the molecule is CCC1CCCN(C(=O)c2cc(N)cc(Cl)c2Cl)C1. The Balaban J connectivity index is 2.24. The molecule has 1 aliphatic rings. The number of piperidine rings is 1. The molecular weight excluding hydrogens is 283 g/mol. The van der Waals surface area contributed by atoms with Crippen LogP contribution >= 0.6 is 23.2 Å². The van der Waals surface area contributed by atoms with Gasteiger partial charge >= 0.3 is 0 Å². The van der Waals surface area contributed by atoms with Crippen LogP contribution in [0.2, 0.25) is 10.0 Å². The van der Waals surface area contributed by atoms with Crippen molar-refractivity contribution in [2.75, 3.05) is 18.8 Å². The van der Waals surface area contributed by atoms with E-state index in [-0.39, 0.29) is 5.91 Å². The van der Waals surface area contributed by atoms with Gasteiger partial charge in [0.2, 0.25) is 0 Å². The minimum absolute atomic E-state index is 0.0719. The summed E-state index contributed by atoms with van der Waals surface area (Å²) >= 11 is 12.1. The number of benzene rings is 1. The number of halogens is 2. The van der Waals surface area contributed by atoms with Crippen LogP contribution < -0.4 is 5.73 Å². The van der Waals surface area contributed by atoms with Gasteiger partial charge in [0.1, 0.15) is 0 Å². The highest BCUT2D eigenvalue weighted by atomic mass is 35.5. The lowest BCUT2D eigenvalue weighted by molar-refractivity contribution is 0.0671. The number of anilines is 1. The van der Waals surface area contributed by atoms with E-state index in [1.165, 1.54) is 6.42 Å². The molecule has 3 nitrogen and oxygen atoms in total. The van der Waals surface area contributed by atoms with Gasteiger partial charge in [0.15, 0.2) is 0 Å². The molecular formula is C14H18Cl2N2O. The summed E-state index contributed by atoms with van der Waals surface area (Å²) in [6.07, 6.45) is 3.32. The van der Waals surface area contributed by atoms with Gasteiger partial charge in [0, 0.05) is 18.8 Å². The molecule has 1 saturated heterocycles. The number of nitrogens with zero attached hydrogens (tertiary/aromatic N) is 1. The lowest BCUT2D eigenvalue weighted by Gasteiger charge is -2.32. The molecule has 19 heavy (non-hydrogen) atoms. The van der Waals surface area contributed by atoms with Crippen molar-refractivity contribution < 1.29 is 4.79 Å². The van der Waals surface area contributed by atoms with Crippen LogP contribution in [0, 0.1) is 5.92 Å². The van der Waals surface area contributed by atoms with Gasteiger partial charge in [0.25, 0.3) is 5.91 Å². The van der Waals surface area contributed by atoms with Crippen LogP contribution in [-0.4, -0.2) is 23.9 Å². The van der Waals surface area contributed by atoms with Gasteiger partial charge in [-0.1, -0.05) is 36.5 Å². The Hall–Kier alpha value is -0.930. The normalized spacial score (nSPS) is 19.5. The number of hydrogen-bond acceptors (Lipinski definition) is 2. The number of nitrogens with two attached hydrogens (primary N) is 1. The van der Waals surface area contributed by atoms with Crippen molar-refractivity contribution in [3.8, 4) is 0 Å². The van der Waals surface area contributed by atoms with Crippen molar-refractivity contribution in [3.05, 3.63) is 27.7 Å². The average molecular weight is 301 g/mol. The summed E-state index contributed by atoms with van der Waals surface area (Å²) in [5.41, 5.74) is 6.60. The van der Waals surface area contributed by atoms with Crippen LogP contribution in [0.3, 0.4) is 0 Å². The fraction of sp³-hybridized carbons (Fsp3) is 0.500. The maximum atomic E-state index is 12.5. The Morgan fingerprint density at radius 3 is 2.89 bits per heavy atom. The maximum Gasteiger partial charge on any atom is 0.255 e. The molecule has 1 amide bonds. The number of carbonyl (C=O) groups is 1. The molecule has 0 aromatic heterocycles. The summed E-state index contributed by atoms with van der Waals surface area (Å²) in [6, 6.07) is 3.16. The molecule has 0 radical (unpaired) electrons. The molecule has 2 rings (SSSR count). The molecule has 1 fully saturated rings. The monoisotopic (exact) mass is 300 g/mol. The zero-order chi connectivity index (χ0) is 14.0. The highest BCUT2D eigenvalue weighted by Gasteiger charge is 2.25. The third-order valence-corrected chi connectivity index (χ3v) is 4.47. The maximum absolute atomic E-state index is 12.5. The Kier molecular flexibility index (Phi) is 4.58. The summed E-state index contributed by atoms with van der Waals surface area (Å²) in [7, 11) is 0. The highest BCUT2D eigenvalue weighted by Crippen LogP contribution is 2.30. The minimum atomic E-state index is -0.0719. The van der Waals surface area contributed by atoms with Crippen LogP contribution in [0.5, 0.6) is 0 Å². The van der Waals surface area contributed by atoms with E-state index < -0.39 is 0 Å². The fourth-order valence-electron chi connectivity index (χ4n) is 2.52. The van der Waals surface area contributed by atoms with E-state index in [1.54, 1.807) is 12.1 Å². The topological polar surface area (TPSA) is 46.3 Å². The Bertz CT molecular complexity index is 491. The first-order chi connectivity index (χ1) is 9.02. The molecule has 5 heteroatoms. The number of amides is 1. The highest BCUT2D eigenvalue weighted by molar-refractivity contribution is 6.44. The van der Waals surface area contributed by atoms with Crippen LogP contribution in [0.25, 0.3) is 0 Å². The third-order valence-electron chi connectivity index (χ3n) is 3.66. The van der Waals surface area contributed by atoms with Gasteiger partial charge in [-0.2, -0.15) is 0 Å². The van der Waals surface area contributed by atoms with Gasteiger partial charge in [0.05, 0.1) is 15.6 Å². The van der Waals surface area contributed by atoms with Crippen LogP contribution in [0.15, 0.2) is 12.1 Å². The van der Waals surface area contributed by atoms with E-state index in [2.05, 4.69) is 6.92 Å². The van der Waals surface area contributed by atoms with Crippen molar-refractivity contribution in [2.24, 2.45) is 5.92 Å². The number of hydrogen-bond donors (Lipinski definition) is 1. The van der Waals surface area contributed by atoms with Gasteiger partial charge < -0.3 is 10.6 Å². The minimum Gasteiger partial charge on any atom is -0.399 e. The molecule has 0 bridgehead atoms. The van der Waals surface area contributed by atoms with Crippen molar-refractivity contribution >= 4 is 34.8 Å². The summed E-state index contributed by atoms with van der Waals surface area (Å²) in [4.78, 5) is 14.4. The molecule has 1 aromatic rings. The van der Waals surface area contributed by atoms with Crippen molar-refractivity contribution in [1.82, 2.24) is 4.90 Å². The Labute approximate surface area is 123 Å². The molecule has 0 saturated carbocycles. The van der Waals surface area contributed by atoms with Gasteiger partial charge in [-0.05, 0) is 30.9 Å². The first kappa shape index (κ1) is 14.5. The number of nitrogen functional groups attached to an aromatic ring is 1. The quantitative estimate of drug-likeness (QED) is 0.844. The second-order valence-corrected chi connectivity index (χ2v) is 5.82. The number of likely N-dealkylation sites (tertiary alicyclic amines) is 1. The predicted octanol–water partition coefficient (Wildman–Crippen LogP) is 3.84. The van der Waals surface area contributed by atoms with E-state index in [0.29, 0.717) is 27.2 Å². The molecule has 0 aliphatic carbocycles. The third kappa shape index (κ3) is 3.15.